The largest absolute Gasteiger partial charge is 0.462 e. The van der Waals surface area contributed by atoms with Crippen molar-refractivity contribution in [3.8, 4) is 0 Å². The lowest BCUT2D eigenvalue weighted by Gasteiger charge is -2.31. The Morgan fingerprint density at radius 1 is 1.33 bits per heavy atom. The van der Waals surface area contributed by atoms with Gasteiger partial charge in [0.1, 0.15) is 18.7 Å². The van der Waals surface area contributed by atoms with Crippen LogP contribution in [-0.2, 0) is 20.7 Å². The lowest BCUT2D eigenvalue weighted by atomic mass is 10.0. The molecule has 1 aliphatic heterocycles. The van der Waals surface area contributed by atoms with Crippen LogP contribution in [0.1, 0.15) is 26.3 Å². The molecule has 0 spiro atoms. The van der Waals surface area contributed by atoms with Crippen molar-refractivity contribution < 1.29 is 14.3 Å². The number of nitrogens with one attached hydrogen (secondary N) is 2. The number of carbonyl (C=O) groups is 2. The zero-order chi connectivity index (χ0) is 15.5. The number of benzene rings is 1. The van der Waals surface area contributed by atoms with Crippen molar-refractivity contribution in [1.29, 1.82) is 0 Å². The van der Waals surface area contributed by atoms with Crippen LogP contribution in [0.2, 0.25) is 0 Å². The van der Waals surface area contributed by atoms with Gasteiger partial charge in [0.15, 0.2) is 0 Å². The zero-order valence-corrected chi connectivity index (χ0v) is 12.7. The molecule has 5 nitrogen and oxygen atoms in total. The first-order valence-corrected chi connectivity index (χ1v) is 7.14. The Bertz CT molecular complexity index is 508. The molecule has 5 heteroatoms. The number of amides is 1. The number of cyclic esters (lactones) is 1. The second-order valence-corrected chi connectivity index (χ2v) is 6.33. The lowest BCUT2D eigenvalue weighted by molar-refractivity contribution is -0.153. The van der Waals surface area contributed by atoms with Gasteiger partial charge in [0.2, 0.25) is 5.91 Å². The number of rotatable bonds is 3. The molecule has 1 amide bonds. The van der Waals surface area contributed by atoms with Crippen LogP contribution in [0, 0.1) is 0 Å². The van der Waals surface area contributed by atoms with Gasteiger partial charge in [-0.2, -0.15) is 0 Å². The molecule has 0 bridgehead atoms. The first-order valence-electron chi connectivity index (χ1n) is 7.14. The molecule has 1 fully saturated rings. The van der Waals surface area contributed by atoms with Crippen LogP contribution in [0.15, 0.2) is 30.3 Å². The highest BCUT2D eigenvalue weighted by Gasteiger charge is 2.34. The topological polar surface area (TPSA) is 67.4 Å². The first-order chi connectivity index (χ1) is 9.85. The standard InChI is InChI=1S/C16H22N2O3/c1-16(2,3)18-14(19)13-10-21-15(20)12(17-13)9-11-7-5-4-6-8-11/h4-8,12-13,17H,9-10H2,1-3H3,(H,18,19)/t12-,13+/m0/s1. The van der Waals surface area contributed by atoms with Crippen molar-refractivity contribution in [2.75, 3.05) is 6.61 Å². The Kier molecular flexibility index (Phi) is 4.63. The van der Waals surface area contributed by atoms with E-state index in [0.717, 1.165) is 5.56 Å². The van der Waals surface area contributed by atoms with Crippen molar-refractivity contribution in [2.24, 2.45) is 0 Å². The number of hydrogen-bond donors (Lipinski definition) is 2. The van der Waals surface area contributed by atoms with Gasteiger partial charge < -0.3 is 10.1 Å². The van der Waals surface area contributed by atoms with E-state index in [-0.39, 0.29) is 24.0 Å². The van der Waals surface area contributed by atoms with Gasteiger partial charge in [-0.25, -0.2) is 0 Å². The minimum atomic E-state index is -0.504. The van der Waals surface area contributed by atoms with Gasteiger partial charge in [-0.3, -0.25) is 14.9 Å². The van der Waals surface area contributed by atoms with Gasteiger partial charge in [-0.1, -0.05) is 30.3 Å². The molecule has 1 aromatic carbocycles. The summed E-state index contributed by atoms with van der Waals surface area (Å²) in [6, 6.07) is 8.69. The maximum Gasteiger partial charge on any atom is 0.323 e. The molecule has 2 atom stereocenters. The fraction of sp³-hybridized carbons (Fsp3) is 0.500. The highest BCUT2D eigenvalue weighted by Crippen LogP contribution is 2.10. The molecule has 1 aliphatic rings. The molecule has 2 N–H and O–H groups in total. The molecule has 114 valence electrons. The molecule has 2 rings (SSSR count). The summed E-state index contributed by atoms with van der Waals surface area (Å²) < 4.78 is 5.15. The van der Waals surface area contributed by atoms with Crippen molar-refractivity contribution in [2.45, 2.75) is 44.8 Å². The molecule has 1 saturated heterocycles. The quantitative estimate of drug-likeness (QED) is 0.816. The molecule has 21 heavy (non-hydrogen) atoms. The third kappa shape index (κ3) is 4.56. The fourth-order valence-electron chi connectivity index (χ4n) is 2.23. The zero-order valence-electron chi connectivity index (χ0n) is 12.7. The van der Waals surface area contributed by atoms with Crippen molar-refractivity contribution in [1.82, 2.24) is 10.6 Å². The summed E-state index contributed by atoms with van der Waals surface area (Å²) in [5.74, 6) is -0.452. The second kappa shape index (κ2) is 6.26. The van der Waals surface area contributed by atoms with Crippen LogP contribution in [0.3, 0.4) is 0 Å². The molecule has 0 saturated carbocycles. The van der Waals surface area contributed by atoms with Crippen LogP contribution in [0.4, 0.5) is 0 Å². The summed E-state index contributed by atoms with van der Waals surface area (Å²) in [6.07, 6.45) is 0.513. The Morgan fingerprint density at radius 2 is 2.00 bits per heavy atom. The molecule has 0 unspecified atom stereocenters. The van der Waals surface area contributed by atoms with Gasteiger partial charge in [0.05, 0.1) is 0 Å². The van der Waals surface area contributed by atoms with Crippen molar-refractivity contribution in [3.63, 3.8) is 0 Å². The lowest BCUT2D eigenvalue weighted by Crippen LogP contribution is -2.60. The van der Waals surface area contributed by atoms with Gasteiger partial charge in [0.25, 0.3) is 0 Å². The van der Waals surface area contributed by atoms with E-state index in [1.807, 2.05) is 51.1 Å². The van der Waals surface area contributed by atoms with E-state index in [2.05, 4.69) is 10.6 Å². The third-order valence-electron chi connectivity index (χ3n) is 3.18. The van der Waals surface area contributed by atoms with Gasteiger partial charge >= 0.3 is 5.97 Å². The molecule has 1 heterocycles. The van der Waals surface area contributed by atoms with Gasteiger partial charge in [-0.15, -0.1) is 0 Å². The van der Waals surface area contributed by atoms with E-state index in [9.17, 15) is 9.59 Å². The minimum absolute atomic E-state index is 0.0754. The number of ether oxygens (including phenoxy) is 1. The van der Waals surface area contributed by atoms with E-state index >= 15 is 0 Å². The van der Waals surface area contributed by atoms with Crippen molar-refractivity contribution >= 4 is 11.9 Å². The van der Waals surface area contributed by atoms with Crippen molar-refractivity contribution in [3.05, 3.63) is 35.9 Å². The smallest absolute Gasteiger partial charge is 0.323 e. The van der Waals surface area contributed by atoms with E-state index in [0.29, 0.717) is 6.42 Å². The second-order valence-electron chi connectivity index (χ2n) is 6.33. The first kappa shape index (κ1) is 15.5. The Labute approximate surface area is 125 Å². The summed E-state index contributed by atoms with van der Waals surface area (Å²) in [5.41, 5.74) is 0.721. The predicted octanol–water partition coefficient (Wildman–Crippen LogP) is 1.03. The number of hydrogen-bond acceptors (Lipinski definition) is 4. The normalized spacial score (nSPS) is 22.5. The van der Waals surface area contributed by atoms with Crippen LogP contribution in [0.5, 0.6) is 0 Å². The molecular formula is C16H22N2O3. The molecule has 0 aromatic heterocycles. The van der Waals surface area contributed by atoms with Crippen LogP contribution in [-0.4, -0.2) is 36.1 Å². The van der Waals surface area contributed by atoms with Crippen LogP contribution < -0.4 is 10.6 Å². The highest BCUT2D eigenvalue weighted by molar-refractivity contribution is 5.86. The Hall–Kier alpha value is -1.88. The van der Waals surface area contributed by atoms with E-state index in [4.69, 9.17) is 4.74 Å². The number of esters is 1. The number of morpholine rings is 1. The van der Waals surface area contributed by atoms with Gasteiger partial charge in [-0.05, 0) is 32.8 Å². The summed E-state index contributed by atoms with van der Waals surface area (Å²) in [5, 5.41) is 5.98. The average molecular weight is 290 g/mol. The van der Waals surface area contributed by atoms with Crippen LogP contribution >= 0.6 is 0 Å². The Balaban J connectivity index is 1.99. The third-order valence-corrected chi connectivity index (χ3v) is 3.18. The summed E-state index contributed by atoms with van der Waals surface area (Å²) in [6.45, 7) is 5.83. The SMILES string of the molecule is CC(C)(C)NC(=O)[C@H]1COC(=O)[C@H](Cc2ccccc2)N1. The van der Waals surface area contributed by atoms with Gasteiger partial charge in [0, 0.05) is 5.54 Å². The van der Waals surface area contributed by atoms with E-state index in [1.54, 1.807) is 0 Å². The molecular weight excluding hydrogens is 268 g/mol. The number of carbonyl (C=O) groups excluding carboxylic acids is 2. The Morgan fingerprint density at radius 3 is 2.62 bits per heavy atom. The maximum atomic E-state index is 12.2. The highest BCUT2D eigenvalue weighted by atomic mass is 16.5. The maximum absolute atomic E-state index is 12.2. The van der Waals surface area contributed by atoms with Crippen LogP contribution in [0.25, 0.3) is 0 Å². The summed E-state index contributed by atoms with van der Waals surface area (Å²) >= 11 is 0. The van der Waals surface area contributed by atoms with E-state index < -0.39 is 12.1 Å². The minimum Gasteiger partial charge on any atom is -0.462 e. The van der Waals surface area contributed by atoms with E-state index in [1.165, 1.54) is 0 Å². The fourth-order valence-corrected chi connectivity index (χ4v) is 2.23. The summed E-state index contributed by atoms with van der Waals surface area (Å²) in [4.78, 5) is 24.0. The molecule has 1 aromatic rings. The monoisotopic (exact) mass is 290 g/mol. The molecule has 0 radical (unpaired) electrons. The molecule has 0 aliphatic carbocycles. The predicted molar refractivity (Wildman–Crippen MR) is 79.7 cm³/mol. The summed E-state index contributed by atoms with van der Waals surface area (Å²) in [7, 11) is 0. The average Bonchev–Trinajstić information content (AvgIpc) is 2.40.